The Kier molecular flexibility index (Phi) is 3.37. The van der Waals surface area contributed by atoms with Gasteiger partial charge in [-0.25, -0.2) is 0 Å². The van der Waals surface area contributed by atoms with Crippen LogP contribution in [-0.2, 0) is 0 Å². The van der Waals surface area contributed by atoms with Crippen LogP contribution < -0.4 is 5.32 Å². The largest absolute Gasteiger partial charge is 0.334 e. The number of benzene rings is 1. The lowest BCUT2D eigenvalue weighted by Gasteiger charge is -2.01. The van der Waals surface area contributed by atoms with Gasteiger partial charge in [0.05, 0.1) is 11.0 Å². The summed E-state index contributed by atoms with van der Waals surface area (Å²) >= 11 is 5.87. The van der Waals surface area contributed by atoms with Crippen molar-refractivity contribution in [3.8, 4) is 11.5 Å². The highest BCUT2D eigenvalue weighted by Gasteiger charge is 2.22. The van der Waals surface area contributed by atoms with Gasteiger partial charge in [-0.05, 0) is 25.5 Å². The minimum absolute atomic E-state index is 0.0849. The molecule has 0 bridgehead atoms. The minimum atomic E-state index is -0.509. The van der Waals surface area contributed by atoms with Gasteiger partial charge in [-0.3, -0.25) is 10.1 Å². The highest BCUT2D eigenvalue weighted by atomic mass is 35.5. The van der Waals surface area contributed by atoms with Gasteiger partial charge in [-0.2, -0.15) is 4.98 Å². The van der Waals surface area contributed by atoms with Gasteiger partial charge in [-0.1, -0.05) is 16.8 Å². The normalized spacial score (nSPS) is 18.4. The maximum Gasteiger partial charge on any atom is 0.271 e. The van der Waals surface area contributed by atoms with Crippen LogP contribution in [0.3, 0.4) is 0 Å². The van der Waals surface area contributed by atoms with E-state index in [0.29, 0.717) is 11.4 Å². The molecule has 2 aromatic rings. The highest BCUT2D eigenvalue weighted by molar-refractivity contribution is 6.31. The summed E-state index contributed by atoms with van der Waals surface area (Å²) in [6, 6.07) is 4.29. The van der Waals surface area contributed by atoms with Gasteiger partial charge in [0.2, 0.25) is 0 Å². The molecule has 1 N–H and O–H groups in total. The fourth-order valence-corrected chi connectivity index (χ4v) is 2.43. The topological polar surface area (TPSA) is 94.1 Å². The van der Waals surface area contributed by atoms with E-state index in [0.717, 1.165) is 19.4 Å². The molecule has 2 heterocycles. The Balaban J connectivity index is 1.94. The maximum atomic E-state index is 10.8. The third-order valence-corrected chi connectivity index (χ3v) is 3.37. The Hall–Kier alpha value is -1.99. The third-order valence-electron chi connectivity index (χ3n) is 3.15. The molecule has 0 radical (unpaired) electrons. The molecule has 7 nitrogen and oxygen atoms in total. The molecule has 8 heteroatoms. The van der Waals surface area contributed by atoms with Crippen LogP contribution in [0.25, 0.3) is 11.5 Å². The quantitative estimate of drug-likeness (QED) is 0.691. The van der Waals surface area contributed by atoms with Crippen LogP contribution in [0.4, 0.5) is 5.69 Å². The van der Waals surface area contributed by atoms with Crippen molar-refractivity contribution in [1.82, 2.24) is 15.5 Å². The van der Waals surface area contributed by atoms with Gasteiger partial charge in [-0.15, -0.1) is 0 Å². The minimum Gasteiger partial charge on any atom is -0.334 e. The standard InChI is InChI=1S/C12H11ClN4O3/c13-8-4-7(5-9(6-8)17(18)19)12-15-11(16-20-12)10-2-1-3-14-10/h4-6,10,14H,1-3H2. The molecular formula is C12H11ClN4O3. The molecule has 0 aliphatic carbocycles. The predicted molar refractivity (Wildman–Crippen MR) is 71.4 cm³/mol. The van der Waals surface area contributed by atoms with Gasteiger partial charge in [0.1, 0.15) is 0 Å². The fraction of sp³-hybridized carbons (Fsp3) is 0.333. The molecule has 1 aliphatic rings. The van der Waals surface area contributed by atoms with Crippen molar-refractivity contribution in [1.29, 1.82) is 0 Å². The average molecular weight is 295 g/mol. The first-order chi connectivity index (χ1) is 9.63. The second kappa shape index (κ2) is 5.18. The number of rotatable bonds is 3. The van der Waals surface area contributed by atoms with Crippen molar-refractivity contribution in [2.45, 2.75) is 18.9 Å². The van der Waals surface area contributed by atoms with E-state index in [1.807, 2.05) is 0 Å². The van der Waals surface area contributed by atoms with E-state index in [1.54, 1.807) is 6.07 Å². The summed E-state index contributed by atoms with van der Waals surface area (Å²) in [7, 11) is 0. The molecule has 1 atom stereocenters. The van der Waals surface area contributed by atoms with Crippen molar-refractivity contribution in [3.63, 3.8) is 0 Å². The molecule has 1 aliphatic heterocycles. The number of hydrogen-bond acceptors (Lipinski definition) is 6. The van der Waals surface area contributed by atoms with Crippen LogP contribution in [-0.4, -0.2) is 21.6 Å². The lowest BCUT2D eigenvalue weighted by atomic mass is 10.2. The second-order valence-electron chi connectivity index (χ2n) is 4.56. The predicted octanol–water partition coefficient (Wildman–Crippen LogP) is 2.72. The summed E-state index contributed by atoms with van der Waals surface area (Å²) in [5, 5.41) is 18.3. The number of halogens is 1. The molecule has 104 valence electrons. The van der Waals surface area contributed by atoms with Crippen LogP contribution in [0, 0.1) is 10.1 Å². The van der Waals surface area contributed by atoms with Gasteiger partial charge in [0, 0.05) is 22.7 Å². The monoisotopic (exact) mass is 294 g/mol. The van der Waals surface area contributed by atoms with E-state index in [9.17, 15) is 10.1 Å². The van der Waals surface area contributed by atoms with Gasteiger partial charge < -0.3 is 9.84 Å². The van der Waals surface area contributed by atoms with E-state index in [-0.39, 0.29) is 22.6 Å². The van der Waals surface area contributed by atoms with Crippen molar-refractivity contribution >= 4 is 17.3 Å². The van der Waals surface area contributed by atoms with E-state index >= 15 is 0 Å². The summed E-state index contributed by atoms with van der Waals surface area (Å²) in [5.74, 6) is 0.805. The number of aromatic nitrogens is 2. The second-order valence-corrected chi connectivity index (χ2v) is 5.00. The molecule has 1 unspecified atom stereocenters. The Morgan fingerprint density at radius 2 is 2.30 bits per heavy atom. The SMILES string of the molecule is O=[N+]([O-])c1cc(Cl)cc(-c2nc(C3CCCN3)no2)c1. The first-order valence-corrected chi connectivity index (χ1v) is 6.53. The summed E-state index contributed by atoms with van der Waals surface area (Å²) in [4.78, 5) is 14.6. The zero-order valence-electron chi connectivity index (χ0n) is 10.4. The number of nitrogens with one attached hydrogen (secondary N) is 1. The average Bonchev–Trinajstić information content (AvgIpc) is 3.09. The van der Waals surface area contributed by atoms with Crippen LogP contribution in [0.15, 0.2) is 22.7 Å². The van der Waals surface area contributed by atoms with Crippen LogP contribution in [0.5, 0.6) is 0 Å². The van der Waals surface area contributed by atoms with E-state index in [1.165, 1.54) is 12.1 Å². The Morgan fingerprint density at radius 3 is 3.00 bits per heavy atom. The molecule has 1 saturated heterocycles. The highest BCUT2D eigenvalue weighted by Crippen LogP contribution is 2.29. The Labute approximate surface area is 119 Å². The Bertz CT molecular complexity index is 652. The zero-order valence-corrected chi connectivity index (χ0v) is 11.1. The molecule has 1 aromatic carbocycles. The van der Waals surface area contributed by atoms with Crippen molar-refractivity contribution < 1.29 is 9.45 Å². The van der Waals surface area contributed by atoms with Crippen LogP contribution in [0.1, 0.15) is 24.7 Å². The van der Waals surface area contributed by atoms with Gasteiger partial charge >= 0.3 is 0 Å². The number of hydrogen-bond donors (Lipinski definition) is 1. The molecule has 20 heavy (non-hydrogen) atoms. The number of nitro benzene ring substituents is 1. The van der Waals surface area contributed by atoms with Crippen molar-refractivity contribution in [3.05, 3.63) is 39.2 Å². The van der Waals surface area contributed by atoms with Gasteiger partial charge in [0.15, 0.2) is 5.82 Å². The number of nitrogens with zero attached hydrogens (tertiary/aromatic N) is 3. The summed E-state index contributed by atoms with van der Waals surface area (Å²) in [6.45, 7) is 0.928. The molecular weight excluding hydrogens is 284 g/mol. The third kappa shape index (κ3) is 2.50. The van der Waals surface area contributed by atoms with Gasteiger partial charge in [0.25, 0.3) is 11.6 Å². The fourth-order valence-electron chi connectivity index (χ4n) is 2.20. The summed E-state index contributed by atoms with van der Waals surface area (Å²) in [6.07, 6.45) is 2.02. The first kappa shape index (κ1) is 13.0. The molecule has 3 rings (SSSR count). The maximum absolute atomic E-state index is 10.8. The first-order valence-electron chi connectivity index (χ1n) is 6.16. The van der Waals surface area contributed by atoms with E-state index in [4.69, 9.17) is 16.1 Å². The number of nitro groups is 1. The molecule has 0 spiro atoms. The van der Waals surface area contributed by atoms with Crippen molar-refractivity contribution in [2.75, 3.05) is 6.54 Å². The Morgan fingerprint density at radius 1 is 1.45 bits per heavy atom. The molecule has 0 saturated carbocycles. The molecule has 0 amide bonds. The molecule has 1 fully saturated rings. The van der Waals surface area contributed by atoms with Crippen LogP contribution in [0.2, 0.25) is 5.02 Å². The lowest BCUT2D eigenvalue weighted by Crippen LogP contribution is -2.14. The summed E-state index contributed by atoms with van der Waals surface area (Å²) in [5.41, 5.74) is 0.340. The van der Waals surface area contributed by atoms with E-state index < -0.39 is 4.92 Å². The molecule has 1 aromatic heterocycles. The number of non-ortho nitro benzene ring substituents is 1. The zero-order chi connectivity index (χ0) is 14.1. The summed E-state index contributed by atoms with van der Waals surface area (Å²) < 4.78 is 5.17. The van der Waals surface area contributed by atoms with Crippen LogP contribution >= 0.6 is 11.6 Å². The lowest BCUT2D eigenvalue weighted by molar-refractivity contribution is -0.384. The van der Waals surface area contributed by atoms with Crippen molar-refractivity contribution in [2.24, 2.45) is 0 Å². The smallest absolute Gasteiger partial charge is 0.271 e. The van der Waals surface area contributed by atoms with E-state index in [2.05, 4.69) is 15.5 Å².